The van der Waals surface area contributed by atoms with Crippen molar-refractivity contribution in [3.05, 3.63) is 82.4 Å². The van der Waals surface area contributed by atoms with E-state index in [0.717, 1.165) is 56.4 Å². The summed E-state index contributed by atoms with van der Waals surface area (Å²) in [6, 6.07) is 15.7. The van der Waals surface area contributed by atoms with E-state index in [-0.39, 0.29) is 17.8 Å². The van der Waals surface area contributed by atoms with E-state index in [9.17, 15) is 10.1 Å². The Balaban J connectivity index is 1.43. The van der Waals surface area contributed by atoms with E-state index in [4.69, 9.17) is 21.4 Å². The summed E-state index contributed by atoms with van der Waals surface area (Å²) in [7, 11) is 0. The third-order valence-electron chi connectivity index (χ3n) is 6.24. The number of thiocarbonyl (C=S) groups is 1. The summed E-state index contributed by atoms with van der Waals surface area (Å²) in [6.07, 6.45) is 1.78. The van der Waals surface area contributed by atoms with E-state index in [1.165, 1.54) is 12.1 Å². The topological polar surface area (TPSA) is 96.9 Å². The molecule has 0 spiro atoms. The van der Waals surface area contributed by atoms with Crippen molar-refractivity contribution in [2.45, 2.75) is 12.1 Å². The first-order valence-electron chi connectivity index (χ1n) is 11.2. The summed E-state index contributed by atoms with van der Waals surface area (Å²) in [6.45, 7) is 4.93. The first-order valence-corrected chi connectivity index (χ1v) is 11.6. The van der Waals surface area contributed by atoms with Crippen LogP contribution < -0.4 is 5.32 Å². The van der Waals surface area contributed by atoms with Crippen molar-refractivity contribution in [2.24, 2.45) is 0 Å². The molecule has 0 saturated carbocycles. The maximum absolute atomic E-state index is 11.0. The molecule has 0 radical (unpaired) electrons. The summed E-state index contributed by atoms with van der Waals surface area (Å²) >= 11 is 5.74. The SMILES string of the molecule is O=[N+]([O-])c1ccc(-c2ccc([C@@H]3[C@H](c4ccccn4)NC(=S)N3CCN3CCOCC3)o2)cc1. The smallest absolute Gasteiger partial charge is 0.269 e. The standard InChI is InChI=1S/C24H25N5O4S/c30-29(31)18-6-4-17(5-7-18)20-8-9-21(33-20)23-22(19-3-1-2-10-25-19)26-24(34)28(23)12-11-27-13-15-32-16-14-27/h1-10,22-23H,11-16H2,(H,26,34)/t22-,23+/m0/s1. The molecule has 3 aromatic rings. The molecule has 176 valence electrons. The number of nitrogens with one attached hydrogen (secondary N) is 1. The Labute approximate surface area is 202 Å². The van der Waals surface area contributed by atoms with Gasteiger partial charge >= 0.3 is 0 Å². The molecule has 2 aromatic heterocycles. The van der Waals surface area contributed by atoms with Crippen LogP contribution in [0.25, 0.3) is 11.3 Å². The molecule has 0 aliphatic carbocycles. The molecule has 5 rings (SSSR count). The zero-order valence-electron chi connectivity index (χ0n) is 18.5. The van der Waals surface area contributed by atoms with Gasteiger partial charge in [-0.2, -0.15) is 0 Å². The van der Waals surface area contributed by atoms with E-state index < -0.39 is 4.92 Å². The number of nitro benzene ring substituents is 1. The van der Waals surface area contributed by atoms with Crippen LogP contribution in [0.1, 0.15) is 23.5 Å². The predicted molar refractivity (Wildman–Crippen MR) is 130 cm³/mol. The number of nitro groups is 1. The van der Waals surface area contributed by atoms with E-state index in [1.807, 2.05) is 30.3 Å². The van der Waals surface area contributed by atoms with Crippen LogP contribution in [0.4, 0.5) is 5.69 Å². The number of nitrogens with zero attached hydrogens (tertiary/aromatic N) is 4. The van der Waals surface area contributed by atoms with Crippen molar-refractivity contribution in [3.63, 3.8) is 0 Å². The molecule has 0 unspecified atom stereocenters. The number of pyridine rings is 1. The summed E-state index contributed by atoms with van der Waals surface area (Å²) in [4.78, 5) is 19.7. The molecule has 2 atom stereocenters. The highest BCUT2D eigenvalue weighted by molar-refractivity contribution is 7.80. The molecule has 4 heterocycles. The van der Waals surface area contributed by atoms with Crippen molar-refractivity contribution in [2.75, 3.05) is 39.4 Å². The van der Waals surface area contributed by atoms with Crippen molar-refractivity contribution in [1.82, 2.24) is 20.1 Å². The van der Waals surface area contributed by atoms with Crippen molar-refractivity contribution < 1.29 is 14.1 Å². The van der Waals surface area contributed by atoms with Gasteiger partial charge in [0.15, 0.2) is 5.11 Å². The normalized spacial score (nSPS) is 20.9. The second-order valence-corrected chi connectivity index (χ2v) is 8.67. The van der Waals surface area contributed by atoms with Crippen molar-refractivity contribution in [1.29, 1.82) is 0 Å². The molecule has 2 saturated heterocycles. The minimum absolute atomic E-state index is 0.0466. The largest absolute Gasteiger partial charge is 0.459 e. The van der Waals surface area contributed by atoms with Crippen LogP contribution in [-0.2, 0) is 4.74 Å². The van der Waals surface area contributed by atoms with E-state index in [0.29, 0.717) is 10.9 Å². The number of benzene rings is 1. The Hall–Kier alpha value is -3.34. The Morgan fingerprint density at radius 1 is 1.09 bits per heavy atom. The molecule has 34 heavy (non-hydrogen) atoms. The van der Waals surface area contributed by atoms with Gasteiger partial charge in [-0.1, -0.05) is 6.07 Å². The van der Waals surface area contributed by atoms with Gasteiger partial charge in [-0.15, -0.1) is 0 Å². The van der Waals surface area contributed by atoms with Gasteiger partial charge in [-0.05, 0) is 48.6 Å². The predicted octanol–water partition coefficient (Wildman–Crippen LogP) is 3.55. The van der Waals surface area contributed by atoms with Crippen LogP contribution in [0.3, 0.4) is 0 Å². The van der Waals surface area contributed by atoms with Gasteiger partial charge in [-0.25, -0.2) is 0 Å². The molecule has 0 amide bonds. The van der Waals surface area contributed by atoms with Gasteiger partial charge in [0.2, 0.25) is 0 Å². The van der Waals surface area contributed by atoms with Crippen LogP contribution in [0.5, 0.6) is 0 Å². The van der Waals surface area contributed by atoms with Gasteiger partial charge < -0.3 is 19.4 Å². The summed E-state index contributed by atoms with van der Waals surface area (Å²) in [5, 5.41) is 15.1. The summed E-state index contributed by atoms with van der Waals surface area (Å²) in [5.41, 5.74) is 1.71. The summed E-state index contributed by atoms with van der Waals surface area (Å²) < 4.78 is 11.8. The summed E-state index contributed by atoms with van der Waals surface area (Å²) in [5.74, 6) is 1.41. The molecule has 10 heteroatoms. The molecule has 2 aliphatic rings. The maximum atomic E-state index is 11.0. The third kappa shape index (κ3) is 4.65. The van der Waals surface area contributed by atoms with Crippen LogP contribution in [0, 0.1) is 10.1 Å². The lowest BCUT2D eigenvalue weighted by Crippen LogP contribution is -2.42. The third-order valence-corrected chi connectivity index (χ3v) is 6.59. The Morgan fingerprint density at radius 3 is 2.59 bits per heavy atom. The second-order valence-electron chi connectivity index (χ2n) is 8.28. The van der Waals surface area contributed by atoms with Crippen molar-refractivity contribution >= 4 is 23.0 Å². The number of hydrogen-bond acceptors (Lipinski definition) is 7. The average molecular weight is 480 g/mol. The number of rotatable bonds is 7. The fourth-order valence-electron chi connectivity index (χ4n) is 4.44. The van der Waals surface area contributed by atoms with Crippen molar-refractivity contribution in [3.8, 4) is 11.3 Å². The van der Waals surface area contributed by atoms with Gasteiger partial charge in [0, 0.05) is 50.1 Å². The lowest BCUT2D eigenvalue weighted by molar-refractivity contribution is -0.384. The zero-order valence-corrected chi connectivity index (χ0v) is 19.3. The number of aromatic nitrogens is 1. The van der Waals surface area contributed by atoms with Gasteiger partial charge in [-0.3, -0.25) is 20.0 Å². The number of ether oxygens (including phenoxy) is 1. The van der Waals surface area contributed by atoms with Gasteiger partial charge in [0.1, 0.15) is 17.6 Å². The highest BCUT2D eigenvalue weighted by Gasteiger charge is 2.41. The van der Waals surface area contributed by atoms with Crippen LogP contribution >= 0.6 is 12.2 Å². The maximum Gasteiger partial charge on any atom is 0.269 e. The molecule has 1 aromatic carbocycles. The number of hydrogen-bond donors (Lipinski definition) is 1. The zero-order chi connectivity index (χ0) is 23.5. The van der Waals surface area contributed by atoms with Gasteiger partial charge in [0.25, 0.3) is 5.69 Å². The highest BCUT2D eigenvalue weighted by Crippen LogP contribution is 2.40. The van der Waals surface area contributed by atoms with Crippen LogP contribution in [-0.4, -0.2) is 64.2 Å². The monoisotopic (exact) mass is 479 g/mol. The molecule has 2 aliphatic heterocycles. The average Bonchev–Trinajstić information content (AvgIpc) is 3.48. The van der Waals surface area contributed by atoms with Crippen LogP contribution in [0.15, 0.2) is 65.2 Å². The van der Waals surface area contributed by atoms with Crippen LogP contribution in [0.2, 0.25) is 0 Å². The fourth-order valence-corrected chi connectivity index (χ4v) is 4.78. The first kappa shape index (κ1) is 22.5. The fraction of sp³-hybridized carbons (Fsp3) is 0.333. The first-order chi connectivity index (χ1) is 16.6. The highest BCUT2D eigenvalue weighted by atomic mass is 32.1. The molecule has 9 nitrogen and oxygen atoms in total. The molecular formula is C24H25N5O4S. The number of morpholine rings is 1. The van der Waals surface area contributed by atoms with Gasteiger partial charge in [0.05, 0.1) is 29.9 Å². The Bertz CT molecular complexity index is 1150. The second kappa shape index (κ2) is 9.88. The number of non-ortho nitro benzene ring substituents is 1. The van der Waals surface area contributed by atoms with E-state index in [1.54, 1.807) is 18.3 Å². The number of furan rings is 1. The molecular weight excluding hydrogens is 454 g/mol. The minimum Gasteiger partial charge on any atom is -0.459 e. The minimum atomic E-state index is -0.410. The molecule has 1 N–H and O–H groups in total. The lowest BCUT2D eigenvalue weighted by Gasteiger charge is -2.31. The lowest BCUT2D eigenvalue weighted by atomic mass is 10.0. The quantitative estimate of drug-likeness (QED) is 0.310. The molecule has 0 bridgehead atoms. The Kier molecular flexibility index (Phi) is 6.52. The van der Waals surface area contributed by atoms with E-state index >= 15 is 0 Å². The Morgan fingerprint density at radius 2 is 1.88 bits per heavy atom. The van der Waals surface area contributed by atoms with E-state index in [2.05, 4.69) is 20.1 Å². The molecule has 2 fully saturated rings.